The Morgan fingerprint density at radius 1 is 1.23 bits per heavy atom. The highest BCUT2D eigenvalue weighted by Gasteiger charge is 2.37. The van der Waals surface area contributed by atoms with Gasteiger partial charge >= 0.3 is 6.18 Å². The van der Waals surface area contributed by atoms with E-state index in [1.54, 1.807) is 31.3 Å². The minimum atomic E-state index is -4.65. The lowest BCUT2D eigenvalue weighted by Gasteiger charge is -2.32. The van der Waals surface area contributed by atoms with E-state index in [-0.39, 0.29) is 17.6 Å². The monoisotopic (exact) mass is 483 g/mol. The van der Waals surface area contributed by atoms with Crippen LogP contribution >= 0.6 is 15.9 Å². The van der Waals surface area contributed by atoms with Gasteiger partial charge in [0.25, 0.3) is 11.6 Å². The first kappa shape index (κ1) is 20.5. The molecule has 0 spiro atoms. The van der Waals surface area contributed by atoms with E-state index in [0.717, 1.165) is 8.99 Å². The van der Waals surface area contributed by atoms with Crippen molar-refractivity contribution in [1.29, 1.82) is 0 Å². The minimum Gasteiger partial charge on any atom is -0.356 e. The fourth-order valence-electron chi connectivity index (χ4n) is 3.36. The van der Waals surface area contributed by atoms with Gasteiger partial charge < -0.3 is 10.2 Å². The zero-order chi connectivity index (χ0) is 21.5. The molecule has 3 aromatic rings. The van der Waals surface area contributed by atoms with Crippen molar-refractivity contribution >= 4 is 39.3 Å². The number of nitrogens with zero attached hydrogens (tertiary/aromatic N) is 6. The van der Waals surface area contributed by atoms with Gasteiger partial charge in [-0.3, -0.25) is 4.79 Å². The number of carbonyl (C=O) groups is 1. The molecule has 0 bridgehead atoms. The summed E-state index contributed by atoms with van der Waals surface area (Å²) in [6.45, 7) is 2.67. The first-order valence-electron chi connectivity index (χ1n) is 9.20. The number of piperidine rings is 1. The van der Waals surface area contributed by atoms with Crippen molar-refractivity contribution in [3.63, 3.8) is 0 Å². The molecule has 3 aromatic heterocycles. The fourth-order valence-corrected chi connectivity index (χ4v) is 3.60. The lowest BCUT2D eigenvalue weighted by molar-refractivity contribution is -0.144. The van der Waals surface area contributed by atoms with Crippen molar-refractivity contribution in [2.75, 3.05) is 23.3 Å². The third-order valence-electron chi connectivity index (χ3n) is 4.84. The number of rotatable bonds is 3. The second kappa shape index (κ2) is 7.82. The van der Waals surface area contributed by atoms with Crippen LogP contribution in [-0.4, -0.2) is 43.6 Å². The molecule has 1 aliphatic heterocycles. The number of alkyl halides is 3. The molecule has 1 fully saturated rings. The average molecular weight is 484 g/mol. The number of halogens is 4. The van der Waals surface area contributed by atoms with E-state index in [0.29, 0.717) is 43.3 Å². The summed E-state index contributed by atoms with van der Waals surface area (Å²) in [5, 5.41) is 6.40. The third kappa shape index (κ3) is 4.23. The van der Waals surface area contributed by atoms with Crippen LogP contribution in [0.5, 0.6) is 0 Å². The topological polar surface area (TPSA) is 88.3 Å². The van der Waals surface area contributed by atoms with Crippen molar-refractivity contribution < 1.29 is 18.0 Å². The van der Waals surface area contributed by atoms with Gasteiger partial charge in [0.1, 0.15) is 11.6 Å². The number of anilines is 2. The summed E-state index contributed by atoms with van der Waals surface area (Å²) in [7, 11) is 0. The predicted octanol–water partition coefficient (Wildman–Crippen LogP) is 3.46. The number of aromatic nitrogens is 5. The molecule has 0 aliphatic carbocycles. The molecule has 0 radical (unpaired) electrons. The Hall–Kier alpha value is -2.76. The summed E-state index contributed by atoms with van der Waals surface area (Å²) >= 11 is 3.29. The summed E-state index contributed by atoms with van der Waals surface area (Å²) in [4.78, 5) is 26.1. The largest absolute Gasteiger partial charge is 0.453 e. The van der Waals surface area contributed by atoms with Crippen LogP contribution in [0.3, 0.4) is 0 Å². The van der Waals surface area contributed by atoms with Gasteiger partial charge in [-0.2, -0.15) is 22.7 Å². The zero-order valence-electron chi connectivity index (χ0n) is 15.8. The van der Waals surface area contributed by atoms with Crippen LogP contribution in [-0.2, 0) is 11.0 Å². The maximum absolute atomic E-state index is 13.0. The Morgan fingerprint density at radius 3 is 2.60 bits per heavy atom. The number of aryl methyl sites for hydroxylation is 1. The molecule has 0 aromatic carbocycles. The Morgan fingerprint density at radius 2 is 1.97 bits per heavy atom. The van der Waals surface area contributed by atoms with Gasteiger partial charge in [0, 0.05) is 41.4 Å². The Labute approximate surface area is 177 Å². The number of amides is 1. The first-order valence-corrected chi connectivity index (χ1v) is 9.99. The van der Waals surface area contributed by atoms with Crippen LogP contribution in [0.4, 0.5) is 24.8 Å². The molecule has 12 heteroatoms. The Balaban J connectivity index is 1.48. The predicted molar refractivity (Wildman–Crippen MR) is 106 cm³/mol. The molecule has 0 atom stereocenters. The summed E-state index contributed by atoms with van der Waals surface area (Å²) in [5.74, 6) is -0.711. The molecule has 4 rings (SSSR count). The van der Waals surface area contributed by atoms with Crippen LogP contribution in [0.25, 0.3) is 5.78 Å². The van der Waals surface area contributed by atoms with E-state index < -0.39 is 12.0 Å². The van der Waals surface area contributed by atoms with Crippen LogP contribution in [0, 0.1) is 12.8 Å². The van der Waals surface area contributed by atoms with Gasteiger partial charge in [0.15, 0.2) is 0 Å². The van der Waals surface area contributed by atoms with E-state index in [9.17, 15) is 18.0 Å². The number of hydrogen-bond donors (Lipinski definition) is 1. The van der Waals surface area contributed by atoms with Crippen molar-refractivity contribution in [3.05, 3.63) is 40.4 Å². The Kier molecular flexibility index (Phi) is 5.35. The van der Waals surface area contributed by atoms with Crippen molar-refractivity contribution in [1.82, 2.24) is 24.6 Å². The molecule has 4 heterocycles. The number of pyridine rings is 1. The second-order valence-electron chi connectivity index (χ2n) is 7.01. The molecule has 30 heavy (non-hydrogen) atoms. The molecular weight excluding hydrogens is 467 g/mol. The molecule has 8 nitrogen and oxygen atoms in total. The first-order chi connectivity index (χ1) is 14.2. The quantitative estimate of drug-likeness (QED) is 0.613. The molecule has 0 saturated carbocycles. The molecule has 158 valence electrons. The van der Waals surface area contributed by atoms with Crippen LogP contribution in [0.15, 0.2) is 28.9 Å². The van der Waals surface area contributed by atoms with Crippen molar-refractivity contribution in [2.45, 2.75) is 25.9 Å². The van der Waals surface area contributed by atoms with Gasteiger partial charge in [-0.05, 0) is 47.8 Å². The maximum Gasteiger partial charge on any atom is 0.453 e. The van der Waals surface area contributed by atoms with Crippen molar-refractivity contribution in [2.24, 2.45) is 5.92 Å². The summed E-state index contributed by atoms with van der Waals surface area (Å²) < 4.78 is 41.0. The molecule has 1 aliphatic rings. The lowest BCUT2D eigenvalue weighted by Crippen LogP contribution is -2.39. The number of hydrogen-bond acceptors (Lipinski definition) is 6. The highest BCUT2D eigenvalue weighted by molar-refractivity contribution is 9.10. The van der Waals surface area contributed by atoms with Gasteiger partial charge in [-0.1, -0.05) is 0 Å². The minimum absolute atomic E-state index is 0.0986. The highest BCUT2D eigenvalue weighted by atomic mass is 79.9. The lowest BCUT2D eigenvalue weighted by atomic mass is 9.96. The Bertz CT molecular complexity index is 1080. The number of carbonyl (C=O) groups excluding carboxylic acids is 1. The normalized spacial score (nSPS) is 15.6. The third-order valence-corrected chi connectivity index (χ3v) is 5.31. The summed E-state index contributed by atoms with van der Waals surface area (Å²) in [6.07, 6.45) is -1.95. The molecule has 1 N–H and O–H groups in total. The van der Waals surface area contributed by atoms with Crippen LogP contribution in [0.1, 0.15) is 24.4 Å². The average Bonchev–Trinajstić information content (AvgIpc) is 3.14. The molecule has 1 saturated heterocycles. The highest BCUT2D eigenvalue weighted by Crippen LogP contribution is 2.29. The van der Waals surface area contributed by atoms with Gasteiger partial charge in [-0.15, -0.1) is 5.10 Å². The van der Waals surface area contributed by atoms with E-state index in [2.05, 4.69) is 41.3 Å². The number of nitrogens with one attached hydrogen (secondary N) is 1. The second-order valence-corrected chi connectivity index (χ2v) is 7.93. The summed E-state index contributed by atoms with van der Waals surface area (Å²) in [5.41, 5.74) is 0.541. The van der Waals surface area contributed by atoms with E-state index in [1.165, 1.54) is 0 Å². The molecule has 0 unspecified atom stereocenters. The number of fused-ring (bicyclic) bond motifs is 1. The zero-order valence-corrected chi connectivity index (χ0v) is 17.4. The van der Waals surface area contributed by atoms with Gasteiger partial charge in [0.2, 0.25) is 5.91 Å². The summed E-state index contributed by atoms with van der Waals surface area (Å²) in [6, 6.07) is 5.17. The van der Waals surface area contributed by atoms with Crippen molar-refractivity contribution in [3.8, 4) is 0 Å². The smallest absolute Gasteiger partial charge is 0.356 e. The standard InChI is InChI=1S/C18H17BrF3N7O/c1-10-8-14(29-17(24-10)26-16(27-29)18(20,21)22)28-6-4-11(5-7-28)15(30)25-13-3-2-12(19)9-23-13/h2-3,8-9,11H,4-7H2,1H3,(H,23,25,30). The van der Waals surface area contributed by atoms with Gasteiger partial charge in [-0.25, -0.2) is 9.97 Å². The van der Waals surface area contributed by atoms with Gasteiger partial charge in [0.05, 0.1) is 0 Å². The van der Waals surface area contributed by atoms with E-state index >= 15 is 0 Å². The molecular formula is C18H17BrF3N7O. The van der Waals surface area contributed by atoms with Crippen LogP contribution in [0.2, 0.25) is 0 Å². The van der Waals surface area contributed by atoms with Crippen LogP contribution < -0.4 is 10.2 Å². The van der Waals surface area contributed by atoms with E-state index in [4.69, 9.17) is 0 Å². The fraction of sp³-hybridized carbons (Fsp3) is 0.389. The van der Waals surface area contributed by atoms with E-state index in [1.807, 2.05) is 4.90 Å². The SMILES string of the molecule is Cc1cc(N2CCC(C(=O)Nc3ccc(Br)cn3)CC2)n2nc(C(F)(F)F)nc2n1. The molecule has 1 amide bonds. The maximum atomic E-state index is 13.0.